The molecule has 0 aromatic heterocycles. The quantitative estimate of drug-likeness (QED) is 0.748. The average Bonchev–Trinajstić information content (AvgIpc) is 2.95. The van der Waals surface area contributed by atoms with Gasteiger partial charge in [0.15, 0.2) is 0 Å². The molecular formula is C17H29N3O2. The van der Waals surface area contributed by atoms with Gasteiger partial charge in [0.25, 0.3) is 5.91 Å². The van der Waals surface area contributed by atoms with E-state index in [9.17, 15) is 9.59 Å². The zero-order chi connectivity index (χ0) is 15.9. The minimum Gasteiger partial charge on any atom is -0.312 e. The molecule has 1 spiro atoms. The fourth-order valence-corrected chi connectivity index (χ4v) is 4.25. The van der Waals surface area contributed by atoms with E-state index in [2.05, 4.69) is 18.7 Å². The average molecular weight is 307 g/mol. The van der Waals surface area contributed by atoms with Crippen LogP contribution in [0.15, 0.2) is 0 Å². The van der Waals surface area contributed by atoms with E-state index in [-0.39, 0.29) is 23.4 Å². The number of nitrogens with zero attached hydrogens (tertiary/aromatic N) is 3. The monoisotopic (exact) mass is 307 g/mol. The molecule has 1 atom stereocenters. The van der Waals surface area contributed by atoms with E-state index in [0.29, 0.717) is 6.54 Å². The Morgan fingerprint density at radius 2 is 1.91 bits per heavy atom. The molecule has 3 aliphatic heterocycles. The summed E-state index contributed by atoms with van der Waals surface area (Å²) < 4.78 is 0. The van der Waals surface area contributed by atoms with Gasteiger partial charge in [-0.15, -0.1) is 0 Å². The van der Waals surface area contributed by atoms with Gasteiger partial charge in [-0.25, -0.2) is 4.79 Å². The maximum absolute atomic E-state index is 12.3. The molecule has 124 valence electrons. The van der Waals surface area contributed by atoms with Crippen molar-refractivity contribution in [3.05, 3.63) is 0 Å². The number of fused-ring (bicyclic) bond motifs is 1. The van der Waals surface area contributed by atoms with E-state index in [1.165, 1.54) is 17.9 Å². The highest BCUT2D eigenvalue weighted by Gasteiger charge is 2.55. The maximum Gasteiger partial charge on any atom is 0.327 e. The molecule has 3 saturated heterocycles. The van der Waals surface area contributed by atoms with Crippen molar-refractivity contribution < 1.29 is 9.59 Å². The number of hydrogen-bond acceptors (Lipinski definition) is 3. The highest BCUT2D eigenvalue weighted by atomic mass is 16.2. The first-order valence-corrected chi connectivity index (χ1v) is 8.80. The molecule has 0 N–H and O–H groups in total. The molecule has 3 heterocycles. The zero-order valence-electron chi connectivity index (χ0n) is 14.2. The summed E-state index contributed by atoms with van der Waals surface area (Å²) in [5, 5.41) is 0. The topological polar surface area (TPSA) is 43.9 Å². The lowest BCUT2D eigenvalue weighted by atomic mass is 9.76. The summed E-state index contributed by atoms with van der Waals surface area (Å²) in [6.45, 7) is 11.1. The lowest BCUT2D eigenvalue weighted by Gasteiger charge is -2.39. The molecule has 5 nitrogen and oxygen atoms in total. The number of carbonyl (C=O) groups is 2. The SMILES string of the molecule is CCN1C(=O)C2CC3(CCN(CCC(C)C)CC3)CN2C1=O. The van der Waals surface area contributed by atoms with Crippen LogP contribution in [-0.2, 0) is 4.79 Å². The summed E-state index contributed by atoms with van der Waals surface area (Å²) in [7, 11) is 0. The van der Waals surface area contributed by atoms with E-state index in [1.54, 1.807) is 0 Å². The summed E-state index contributed by atoms with van der Waals surface area (Å²) in [5.41, 5.74) is 0.199. The standard InChI is InChI=1S/C17H29N3O2/c1-4-19-15(21)14-11-17(12-20(14)16(19)22)6-9-18(10-7-17)8-5-13(2)3/h13-14H,4-12H2,1-3H3. The van der Waals surface area contributed by atoms with Crippen molar-refractivity contribution >= 4 is 11.9 Å². The molecule has 0 saturated carbocycles. The second kappa shape index (κ2) is 5.84. The van der Waals surface area contributed by atoms with Crippen molar-refractivity contribution in [1.82, 2.24) is 14.7 Å². The highest BCUT2D eigenvalue weighted by molar-refractivity contribution is 6.04. The molecule has 3 rings (SSSR count). The number of likely N-dealkylation sites (N-methyl/N-ethyl adjacent to an activating group) is 1. The molecule has 0 aliphatic carbocycles. The Morgan fingerprint density at radius 3 is 2.45 bits per heavy atom. The molecule has 3 aliphatic rings. The lowest BCUT2D eigenvalue weighted by molar-refractivity contribution is -0.128. The third kappa shape index (κ3) is 2.64. The number of likely N-dealkylation sites (tertiary alicyclic amines) is 1. The molecule has 3 fully saturated rings. The Balaban J connectivity index is 1.58. The van der Waals surface area contributed by atoms with Gasteiger partial charge in [0, 0.05) is 13.1 Å². The largest absolute Gasteiger partial charge is 0.327 e. The first-order valence-electron chi connectivity index (χ1n) is 8.80. The van der Waals surface area contributed by atoms with Crippen LogP contribution >= 0.6 is 0 Å². The molecule has 0 aromatic rings. The number of amides is 3. The normalized spacial score (nSPS) is 28.3. The summed E-state index contributed by atoms with van der Waals surface area (Å²) >= 11 is 0. The fourth-order valence-electron chi connectivity index (χ4n) is 4.25. The molecular weight excluding hydrogens is 278 g/mol. The second-order valence-corrected chi connectivity index (χ2v) is 7.74. The predicted octanol–water partition coefficient (Wildman–Crippen LogP) is 2.17. The summed E-state index contributed by atoms with van der Waals surface area (Å²) in [6, 6.07) is -0.230. The van der Waals surface area contributed by atoms with Crippen molar-refractivity contribution in [3.8, 4) is 0 Å². The molecule has 1 unspecified atom stereocenters. The highest BCUT2D eigenvalue weighted by Crippen LogP contribution is 2.46. The third-order valence-electron chi connectivity index (χ3n) is 5.79. The molecule has 0 aromatic carbocycles. The van der Waals surface area contributed by atoms with Crippen LogP contribution in [-0.4, -0.2) is 65.4 Å². The Kier molecular flexibility index (Phi) is 4.19. The van der Waals surface area contributed by atoms with Crippen molar-refractivity contribution in [1.29, 1.82) is 0 Å². The van der Waals surface area contributed by atoms with Crippen LogP contribution in [0.1, 0.15) is 46.5 Å². The second-order valence-electron chi connectivity index (χ2n) is 7.74. The van der Waals surface area contributed by atoms with Crippen LogP contribution in [0.3, 0.4) is 0 Å². The van der Waals surface area contributed by atoms with Gasteiger partial charge in [-0.3, -0.25) is 9.69 Å². The Labute approximate surface area is 133 Å². The first kappa shape index (κ1) is 15.8. The Hall–Kier alpha value is -1.10. The Morgan fingerprint density at radius 1 is 1.23 bits per heavy atom. The minimum absolute atomic E-state index is 0.0339. The number of rotatable bonds is 4. The van der Waals surface area contributed by atoms with Crippen LogP contribution in [0.25, 0.3) is 0 Å². The third-order valence-corrected chi connectivity index (χ3v) is 5.79. The molecule has 3 amide bonds. The number of imide groups is 1. The molecule has 5 heteroatoms. The van der Waals surface area contributed by atoms with Crippen LogP contribution in [0.5, 0.6) is 0 Å². The van der Waals surface area contributed by atoms with Gasteiger partial charge >= 0.3 is 6.03 Å². The van der Waals surface area contributed by atoms with Crippen LogP contribution in [0, 0.1) is 11.3 Å². The van der Waals surface area contributed by atoms with E-state index in [4.69, 9.17) is 0 Å². The van der Waals surface area contributed by atoms with Crippen LogP contribution in [0.4, 0.5) is 4.79 Å². The van der Waals surface area contributed by atoms with Gasteiger partial charge in [0.2, 0.25) is 0 Å². The van der Waals surface area contributed by atoms with Crippen molar-refractivity contribution in [2.24, 2.45) is 11.3 Å². The van der Waals surface area contributed by atoms with Gasteiger partial charge in [-0.05, 0) is 63.6 Å². The van der Waals surface area contributed by atoms with Gasteiger partial charge in [-0.2, -0.15) is 0 Å². The van der Waals surface area contributed by atoms with E-state index in [0.717, 1.165) is 44.8 Å². The fraction of sp³-hybridized carbons (Fsp3) is 0.882. The summed E-state index contributed by atoms with van der Waals surface area (Å²) in [4.78, 5) is 30.5. The number of hydrogen-bond donors (Lipinski definition) is 0. The van der Waals surface area contributed by atoms with Crippen molar-refractivity contribution in [2.75, 3.05) is 32.7 Å². The lowest BCUT2D eigenvalue weighted by Crippen LogP contribution is -2.44. The van der Waals surface area contributed by atoms with Gasteiger partial charge in [-0.1, -0.05) is 13.8 Å². The van der Waals surface area contributed by atoms with Crippen molar-refractivity contribution in [3.63, 3.8) is 0 Å². The van der Waals surface area contributed by atoms with E-state index >= 15 is 0 Å². The van der Waals surface area contributed by atoms with Gasteiger partial charge in [0.1, 0.15) is 6.04 Å². The van der Waals surface area contributed by atoms with Crippen LogP contribution < -0.4 is 0 Å². The number of carbonyl (C=O) groups excluding carboxylic acids is 2. The number of urea groups is 1. The molecule has 0 bridgehead atoms. The van der Waals surface area contributed by atoms with Gasteiger partial charge < -0.3 is 9.80 Å². The predicted molar refractivity (Wildman–Crippen MR) is 85.5 cm³/mol. The molecule has 0 radical (unpaired) electrons. The number of piperidine rings is 1. The summed E-state index contributed by atoms with van der Waals surface area (Å²) in [5.74, 6) is 0.787. The smallest absolute Gasteiger partial charge is 0.312 e. The molecule has 22 heavy (non-hydrogen) atoms. The van der Waals surface area contributed by atoms with E-state index < -0.39 is 0 Å². The minimum atomic E-state index is -0.172. The maximum atomic E-state index is 12.3. The van der Waals surface area contributed by atoms with Crippen LogP contribution in [0.2, 0.25) is 0 Å². The van der Waals surface area contributed by atoms with E-state index in [1.807, 2.05) is 11.8 Å². The van der Waals surface area contributed by atoms with Crippen molar-refractivity contribution in [2.45, 2.75) is 52.5 Å². The first-order chi connectivity index (χ1) is 10.5. The van der Waals surface area contributed by atoms with Gasteiger partial charge in [0.05, 0.1) is 0 Å². The Bertz CT molecular complexity index is 429. The summed E-state index contributed by atoms with van der Waals surface area (Å²) in [6.07, 6.45) is 4.39. The zero-order valence-corrected chi connectivity index (χ0v) is 14.2.